The molecule has 2 aliphatic rings. The van der Waals surface area contributed by atoms with E-state index in [1.165, 1.54) is 4.90 Å². The molecule has 2 rings (SSSR count). The third-order valence-electron chi connectivity index (χ3n) is 2.61. The van der Waals surface area contributed by atoms with Gasteiger partial charge in [-0.15, -0.1) is 0 Å². The van der Waals surface area contributed by atoms with Crippen molar-refractivity contribution in [2.45, 2.75) is 37.9 Å². The fourth-order valence-corrected chi connectivity index (χ4v) is 1.74. The zero-order valence-corrected chi connectivity index (χ0v) is 9.52. The fourth-order valence-electron chi connectivity index (χ4n) is 1.74. The van der Waals surface area contributed by atoms with E-state index >= 15 is 0 Å². The zero-order chi connectivity index (χ0) is 11.2. The summed E-state index contributed by atoms with van der Waals surface area (Å²) in [5, 5.41) is 0. The van der Waals surface area contributed by atoms with E-state index in [4.69, 9.17) is 14.2 Å². The maximum absolute atomic E-state index is 11.5. The Morgan fingerprint density at radius 1 is 1.40 bits per heavy atom. The van der Waals surface area contributed by atoms with Crippen molar-refractivity contribution < 1.29 is 19.0 Å². The number of amides is 1. The maximum atomic E-state index is 11.5. The van der Waals surface area contributed by atoms with E-state index < -0.39 is 5.79 Å². The lowest BCUT2D eigenvalue weighted by molar-refractivity contribution is -0.140. The van der Waals surface area contributed by atoms with Crippen molar-refractivity contribution in [1.29, 1.82) is 0 Å². The van der Waals surface area contributed by atoms with Crippen LogP contribution in [0.3, 0.4) is 0 Å². The van der Waals surface area contributed by atoms with Crippen molar-refractivity contribution in [2.24, 2.45) is 0 Å². The number of ether oxygens (including phenoxy) is 3. The molecule has 0 N–H and O–H groups in total. The average molecular weight is 215 g/mol. The molecule has 0 saturated carbocycles. The molecule has 3 atom stereocenters. The normalized spacial score (nSPS) is 37.7. The predicted octanol–water partition coefficient (Wildman–Crippen LogP) is -0.00650. The highest BCUT2D eigenvalue weighted by Crippen LogP contribution is 2.35. The van der Waals surface area contributed by atoms with Crippen LogP contribution >= 0.6 is 0 Å². The van der Waals surface area contributed by atoms with Crippen LogP contribution in [0, 0.1) is 0 Å². The van der Waals surface area contributed by atoms with Gasteiger partial charge in [-0.05, 0) is 13.8 Å². The van der Waals surface area contributed by atoms with Gasteiger partial charge in [-0.25, -0.2) is 0 Å². The van der Waals surface area contributed by atoms with E-state index in [1.54, 1.807) is 14.1 Å². The molecule has 0 aromatic heterocycles. The molecule has 0 bridgehead atoms. The molecule has 2 aliphatic heterocycles. The second-order valence-electron chi connectivity index (χ2n) is 4.62. The van der Waals surface area contributed by atoms with Crippen LogP contribution in [0.2, 0.25) is 0 Å². The molecule has 2 fully saturated rings. The van der Waals surface area contributed by atoms with Gasteiger partial charge in [0.25, 0.3) is 5.91 Å². The molecule has 0 radical (unpaired) electrons. The summed E-state index contributed by atoms with van der Waals surface area (Å²) < 4.78 is 16.4. The van der Waals surface area contributed by atoms with Crippen molar-refractivity contribution in [3.8, 4) is 0 Å². The van der Waals surface area contributed by atoms with Crippen LogP contribution < -0.4 is 0 Å². The summed E-state index contributed by atoms with van der Waals surface area (Å²) in [4.78, 5) is 13.1. The molecule has 0 spiro atoms. The van der Waals surface area contributed by atoms with Crippen LogP contribution in [0.4, 0.5) is 0 Å². The molecule has 5 nitrogen and oxygen atoms in total. The molecule has 5 heteroatoms. The van der Waals surface area contributed by atoms with Gasteiger partial charge in [-0.1, -0.05) is 0 Å². The average Bonchev–Trinajstić information content (AvgIpc) is 2.84. The molecular formula is C10H17NO4. The van der Waals surface area contributed by atoms with Gasteiger partial charge < -0.3 is 19.1 Å². The first kappa shape index (κ1) is 10.9. The molecule has 2 saturated heterocycles. The molecule has 1 amide bonds. The first-order valence-electron chi connectivity index (χ1n) is 5.09. The van der Waals surface area contributed by atoms with Crippen molar-refractivity contribution >= 4 is 5.91 Å². The van der Waals surface area contributed by atoms with Gasteiger partial charge in [0.2, 0.25) is 0 Å². The maximum Gasteiger partial charge on any atom is 0.254 e. The Kier molecular flexibility index (Phi) is 2.48. The quantitative estimate of drug-likeness (QED) is 0.608. The van der Waals surface area contributed by atoms with E-state index in [0.29, 0.717) is 6.61 Å². The van der Waals surface area contributed by atoms with E-state index in [2.05, 4.69) is 0 Å². The monoisotopic (exact) mass is 215 g/mol. The molecule has 15 heavy (non-hydrogen) atoms. The summed E-state index contributed by atoms with van der Waals surface area (Å²) in [6.45, 7) is 4.21. The third-order valence-corrected chi connectivity index (χ3v) is 2.61. The Bertz CT molecular complexity index is 277. The number of epoxide rings is 1. The smallest absolute Gasteiger partial charge is 0.254 e. The number of nitrogens with zero attached hydrogens (tertiary/aromatic N) is 1. The van der Waals surface area contributed by atoms with E-state index in [1.807, 2.05) is 13.8 Å². The van der Waals surface area contributed by atoms with Gasteiger partial charge in [0.05, 0.1) is 6.61 Å². The number of hydrogen-bond acceptors (Lipinski definition) is 4. The lowest BCUT2D eigenvalue weighted by atomic mass is 10.2. The SMILES string of the molecule is CN(C)C(=O)[C@@H]1O[C@@H]1[C@H]1COC(C)(C)O1. The number of likely N-dealkylation sites (N-methyl/N-ethyl adjacent to an activating group) is 1. The Labute approximate surface area is 89.3 Å². The summed E-state index contributed by atoms with van der Waals surface area (Å²) in [5.74, 6) is -0.559. The van der Waals surface area contributed by atoms with Gasteiger partial charge in [0.1, 0.15) is 12.2 Å². The van der Waals surface area contributed by atoms with Crippen LogP contribution in [0.25, 0.3) is 0 Å². The highest BCUT2D eigenvalue weighted by atomic mass is 16.8. The van der Waals surface area contributed by atoms with Crippen molar-refractivity contribution in [3.05, 3.63) is 0 Å². The van der Waals surface area contributed by atoms with Crippen molar-refractivity contribution in [1.82, 2.24) is 4.90 Å². The minimum absolute atomic E-state index is 0.00620. The molecule has 0 aliphatic carbocycles. The molecule has 0 unspecified atom stereocenters. The summed E-state index contributed by atoms with van der Waals surface area (Å²) in [6, 6.07) is 0. The topological polar surface area (TPSA) is 51.3 Å². The lowest BCUT2D eigenvalue weighted by Crippen LogP contribution is -2.31. The number of carbonyl (C=O) groups excluding carboxylic acids is 1. The first-order valence-corrected chi connectivity index (χ1v) is 5.09. The molecular weight excluding hydrogens is 198 g/mol. The minimum Gasteiger partial charge on any atom is -0.356 e. The van der Waals surface area contributed by atoms with Gasteiger partial charge in [-0.3, -0.25) is 4.79 Å². The number of rotatable bonds is 2. The van der Waals surface area contributed by atoms with Crippen molar-refractivity contribution in [3.63, 3.8) is 0 Å². The van der Waals surface area contributed by atoms with Crippen molar-refractivity contribution in [2.75, 3.05) is 20.7 Å². The van der Waals surface area contributed by atoms with E-state index in [9.17, 15) is 4.79 Å². The van der Waals surface area contributed by atoms with E-state index in [-0.39, 0.29) is 24.2 Å². The Morgan fingerprint density at radius 3 is 2.53 bits per heavy atom. The van der Waals surface area contributed by atoms with Crippen LogP contribution in [0.5, 0.6) is 0 Å². The summed E-state index contributed by atoms with van der Waals surface area (Å²) in [7, 11) is 3.44. The largest absolute Gasteiger partial charge is 0.356 e. The van der Waals surface area contributed by atoms with Crippen LogP contribution in [0.1, 0.15) is 13.8 Å². The second-order valence-corrected chi connectivity index (χ2v) is 4.62. The lowest BCUT2D eigenvalue weighted by Gasteiger charge is -2.16. The number of carbonyl (C=O) groups is 1. The molecule has 0 aromatic carbocycles. The second kappa shape index (κ2) is 3.43. The third kappa shape index (κ3) is 2.14. The number of hydrogen-bond donors (Lipinski definition) is 0. The van der Waals surface area contributed by atoms with Crippen LogP contribution in [-0.4, -0.2) is 55.6 Å². The minimum atomic E-state index is -0.553. The molecule has 86 valence electrons. The zero-order valence-electron chi connectivity index (χ0n) is 9.52. The summed E-state index contributed by atoms with van der Waals surface area (Å²) >= 11 is 0. The summed E-state index contributed by atoms with van der Waals surface area (Å²) in [6.07, 6.45) is -0.599. The van der Waals surface area contributed by atoms with Gasteiger partial charge in [-0.2, -0.15) is 0 Å². The highest BCUT2D eigenvalue weighted by molar-refractivity contribution is 5.83. The first-order chi connectivity index (χ1) is 6.91. The Morgan fingerprint density at radius 2 is 2.07 bits per heavy atom. The van der Waals surface area contributed by atoms with Crippen LogP contribution in [-0.2, 0) is 19.0 Å². The van der Waals surface area contributed by atoms with E-state index in [0.717, 1.165) is 0 Å². The summed E-state index contributed by atoms with van der Waals surface area (Å²) in [5.41, 5.74) is 0. The van der Waals surface area contributed by atoms with Crippen LogP contribution in [0.15, 0.2) is 0 Å². The molecule has 0 aromatic rings. The van der Waals surface area contributed by atoms with Gasteiger partial charge >= 0.3 is 0 Å². The Hall–Kier alpha value is -0.650. The standard InChI is InChI=1S/C10H17NO4/c1-10(2)13-5-6(15-10)7-8(14-7)9(12)11(3)4/h6-8H,5H2,1-4H3/t6-,7-,8-/m1/s1. The van der Waals surface area contributed by atoms with Gasteiger partial charge in [0.15, 0.2) is 11.9 Å². The Balaban J connectivity index is 1.87. The van der Waals surface area contributed by atoms with Gasteiger partial charge in [0, 0.05) is 14.1 Å². The predicted molar refractivity (Wildman–Crippen MR) is 52.3 cm³/mol. The fraction of sp³-hybridized carbons (Fsp3) is 0.900. The highest BCUT2D eigenvalue weighted by Gasteiger charge is 2.54. The molecule has 2 heterocycles.